The molecule has 2 unspecified atom stereocenters. The van der Waals surface area contributed by atoms with Crippen molar-refractivity contribution in [1.82, 2.24) is 30.1 Å². The van der Waals surface area contributed by atoms with Crippen molar-refractivity contribution in [1.29, 1.82) is 5.41 Å². The van der Waals surface area contributed by atoms with E-state index in [2.05, 4.69) is 47.6 Å². The fourth-order valence-corrected chi connectivity index (χ4v) is 6.39. The number of fused-ring (bicyclic) bond motifs is 1. The monoisotopic (exact) mass is 742 g/mol. The maximum Gasteiger partial charge on any atom is 0.313 e. The van der Waals surface area contributed by atoms with Gasteiger partial charge >= 0.3 is 6.08 Å². The van der Waals surface area contributed by atoms with Gasteiger partial charge in [0.15, 0.2) is 5.82 Å². The number of nitrogens with one attached hydrogen (secondary N) is 3. The van der Waals surface area contributed by atoms with Crippen molar-refractivity contribution in [3.05, 3.63) is 107 Å². The Bertz CT molecular complexity index is 2350. The molecule has 8 rings (SSSR count). The third-order valence-corrected chi connectivity index (χ3v) is 9.80. The average Bonchev–Trinajstić information content (AvgIpc) is 4.12. The second-order valence-corrected chi connectivity index (χ2v) is 14.3. The van der Waals surface area contributed by atoms with Crippen LogP contribution in [0, 0.1) is 24.3 Å². The number of nitrogens with zero attached hydrogens (tertiary/aromatic N) is 7. The fourth-order valence-electron chi connectivity index (χ4n) is 6.39. The van der Waals surface area contributed by atoms with Gasteiger partial charge in [0.1, 0.15) is 29.1 Å². The van der Waals surface area contributed by atoms with E-state index in [4.69, 9.17) is 24.1 Å². The van der Waals surface area contributed by atoms with Crippen LogP contribution in [0.3, 0.4) is 0 Å². The Morgan fingerprint density at radius 1 is 0.909 bits per heavy atom. The minimum absolute atomic E-state index is 0.0472. The first-order valence-electron chi connectivity index (χ1n) is 18.9. The largest absolute Gasteiger partial charge is 0.477 e. The minimum atomic E-state index is -0.875. The molecule has 6 aromatic rings. The van der Waals surface area contributed by atoms with Gasteiger partial charge in [0.2, 0.25) is 11.6 Å². The van der Waals surface area contributed by atoms with Crippen LogP contribution in [0.1, 0.15) is 104 Å². The van der Waals surface area contributed by atoms with E-state index in [1.54, 1.807) is 0 Å². The van der Waals surface area contributed by atoms with E-state index in [-0.39, 0.29) is 23.7 Å². The summed E-state index contributed by atoms with van der Waals surface area (Å²) in [6, 6.07) is 19.4. The van der Waals surface area contributed by atoms with Gasteiger partial charge in [-0.3, -0.25) is 5.41 Å². The van der Waals surface area contributed by atoms with Gasteiger partial charge in [-0.15, -0.1) is 0 Å². The highest BCUT2D eigenvalue weighted by Crippen LogP contribution is 2.39. The number of ether oxygens (including phenoxy) is 1. The number of hydrogen-bond acceptors (Lipinski definition) is 12. The van der Waals surface area contributed by atoms with Gasteiger partial charge in [0, 0.05) is 59.6 Å². The summed E-state index contributed by atoms with van der Waals surface area (Å²) in [4.78, 5) is 26.4. The van der Waals surface area contributed by atoms with E-state index in [1.165, 1.54) is 0 Å². The molecule has 13 nitrogen and oxygen atoms in total. The van der Waals surface area contributed by atoms with Crippen molar-refractivity contribution in [2.75, 3.05) is 17.2 Å². The Hall–Kier alpha value is -6.05. The summed E-state index contributed by atoms with van der Waals surface area (Å²) in [5.74, 6) is 5.14. The molecule has 2 aliphatic rings. The number of amidine groups is 1. The zero-order valence-corrected chi connectivity index (χ0v) is 31.3. The minimum Gasteiger partial charge on any atom is -0.477 e. The second-order valence-electron chi connectivity index (χ2n) is 14.3. The standard InChI is InChI=1S/C41H43FN10O3/c1-5-53-38(48-35(43)27-10-11-27)29-14-6-25(7-15-29)23(3)45-34-20-22(2)44-33(47-34)19-18-31-21-32-37(50-41(42)51-40(32)54-31)46-24(4)26-8-16-30(17-9-26)39-49-36(52-55-39)28-12-13-28/h6-9,14-17,20-21,23-24,27-28,43H,5,10-13,18-19H2,1-4H3,(H,44,45,47)(H,46,50,51). The zero-order chi connectivity index (χ0) is 38.1. The Balaban J connectivity index is 0.908. The van der Waals surface area contributed by atoms with Crippen LogP contribution in [-0.2, 0) is 17.6 Å². The number of furan rings is 1. The van der Waals surface area contributed by atoms with Crippen LogP contribution in [0.5, 0.6) is 0 Å². The first kappa shape index (κ1) is 36.0. The number of hydrogen-bond donors (Lipinski definition) is 3. The quantitative estimate of drug-likeness (QED) is 0.0553. The SMILES string of the molecule is CCOC(=NC(=N)C1CC1)c1ccc(C(C)Nc2cc(C)nc(CCc3cc4c(NC(C)c5ccc(-c6nc(C7CC7)no6)cc5)nc(F)nc4o3)n2)cc1. The molecule has 2 saturated carbocycles. The number of halogens is 1. The number of aryl methyl sites for hydroxylation is 3. The lowest BCUT2D eigenvalue weighted by molar-refractivity contribution is 0.329. The summed E-state index contributed by atoms with van der Waals surface area (Å²) in [7, 11) is 0. The van der Waals surface area contributed by atoms with Gasteiger partial charge < -0.3 is 24.3 Å². The Morgan fingerprint density at radius 3 is 2.35 bits per heavy atom. The summed E-state index contributed by atoms with van der Waals surface area (Å²) in [5.41, 5.74) is 4.72. The van der Waals surface area contributed by atoms with Crippen molar-refractivity contribution in [3.8, 4) is 11.5 Å². The van der Waals surface area contributed by atoms with E-state index < -0.39 is 6.08 Å². The predicted octanol–water partition coefficient (Wildman–Crippen LogP) is 8.69. The molecule has 4 heterocycles. The van der Waals surface area contributed by atoms with E-state index >= 15 is 0 Å². The van der Waals surface area contributed by atoms with E-state index in [9.17, 15) is 4.39 Å². The van der Waals surface area contributed by atoms with Crippen LogP contribution in [0.4, 0.5) is 16.0 Å². The van der Waals surface area contributed by atoms with Gasteiger partial charge in [-0.25, -0.2) is 9.97 Å². The second kappa shape index (κ2) is 15.4. The van der Waals surface area contributed by atoms with Crippen LogP contribution in [-0.4, -0.2) is 48.4 Å². The normalized spacial score (nSPS) is 15.5. The van der Waals surface area contributed by atoms with Crippen LogP contribution < -0.4 is 10.6 Å². The Labute approximate surface area is 317 Å². The Kier molecular flexibility index (Phi) is 10.0. The zero-order valence-electron chi connectivity index (χ0n) is 31.3. The molecule has 2 aromatic carbocycles. The lowest BCUT2D eigenvalue weighted by atomic mass is 10.1. The molecule has 4 aromatic heterocycles. The summed E-state index contributed by atoms with van der Waals surface area (Å²) in [6.45, 7) is 8.39. The van der Waals surface area contributed by atoms with Gasteiger partial charge in [-0.2, -0.15) is 24.3 Å². The first-order valence-corrected chi connectivity index (χ1v) is 18.9. The molecule has 3 N–H and O–H groups in total. The van der Waals surface area contributed by atoms with E-state index in [0.29, 0.717) is 71.6 Å². The third-order valence-electron chi connectivity index (χ3n) is 9.80. The topological polar surface area (TPSA) is 173 Å². The molecule has 0 saturated heterocycles. The highest BCUT2D eigenvalue weighted by atomic mass is 19.1. The fraction of sp³-hybridized carbons (Fsp3) is 0.366. The van der Waals surface area contributed by atoms with Crippen molar-refractivity contribution < 1.29 is 18.1 Å². The van der Waals surface area contributed by atoms with Crippen LogP contribution in [0.15, 0.2) is 74.6 Å². The van der Waals surface area contributed by atoms with Crippen molar-refractivity contribution in [3.63, 3.8) is 0 Å². The van der Waals surface area contributed by atoms with E-state index in [0.717, 1.165) is 59.5 Å². The van der Waals surface area contributed by atoms with Gasteiger partial charge in [-0.1, -0.05) is 29.4 Å². The van der Waals surface area contributed by atoms with Crippen LogP contribution in [0.25, 0.3) is 22.6 Å². The molecule has 14 heteroatoms. The number of anilines is 2. The van der Waals surface area contributed by atoms with Crippen molar-refractivity contribution in [2.24, 2.45) is 10.9 Å². The smallest absolute Gasteiger partial charge is 0.313 e. The number of aromatic nitrogens is 6. The molecule has 282 valence electrons. The van der Waals surface area contributed by atoms with Crippen LogP contribution in [0.2, 0.25) is 0 Å². The highest BCUT2D eigenvalue weighted by Gasteiger charge is 2.29. The molecule has 0 aliphatic heterocycles. The summed E-state index contributed by atoms with van der Waals surface area (Å²) in [6.07, 6.45) is 4.36. The molecule has 2 aliphatic carbocycles. The molecular formula is C41H43FN10O3. The molecule has 0 amide bonds. The molecule has 2 atom stereocenters. The molecule has 55 heavy (non-hydrogen) atoms. The predicted molar refractivity (Wildman–Crippen MR) is 207 cm³/mol. The van der Waals surface area contributed by atoms with Crippen molar-refractivity contribution in [2.45, 2.75) is 84.2 Å². The molecular weight excluding hydrogens is 700 g/mol. The third kappa shape index (κ3) is 8.53. The van der Waals surface area contributed by atoms with E-state index in [1.807, 2.05) is 81.4 Å². The number of benzene rings is 2. The summed E-state index contributed by atoms with van der Waals surface area (Å²) in [5, 5.41) is 19.8. The molecule has 0 bridgehead atoms. The summed E-state index contributed by atoms with van der Waals surface area (Å²) >= 11 is 0. The lowest BCUT2D eigenvalue weighted by Crippen LogP contribution is -2.12. The average molecular weight is 743 g/mol. The maximum atomic E-state index is 14.6. The first-order chi connectivity index (χ1) is 26.7. The Morgan fingerprint density at radius 2 is 1.64 bits per heavy atom. The lowest BCUT2D eigenvalue weighted by Gasteiger charge is -2.17. The van der Waals surface area contributed by atoms with Gasteiger partial charge in [-0.05, 0) is 94.8 Å². The highest BCUT2D eigenvalue weighted by molar-refractivity contribution is 6.03. The van der Waals surface area contributed by atoms with Gasteiger partial charge in [0.05, 0.1) is 12.0 Å². The molecule has 0 spiro atoms. The van der Waals surface area contributed by atoms with Gasteiger partial charge in [0.25, 0.3) is 5.89 Å². The summed E-state index contributed by atoms with van der Waals surface area (Å²) < 4.78 is 31.8. The molecule has 2 fully saturated rings. The molecule has 0 radical (unpaired) electrons. The maximum absolute atomic E-state index is 14.6. The number of rotatable bonds is 14. The van der Waals surface area contributed by atoms with Crippen molar-refractivity contribution >= 4 is 34.5 Å². The van der Waals surface area contributed by atoms with Crippen LogP contribution >= 0.6 is 0 Å². The number of aliphatic imine (C=N–C) groups is 1.